The summed E-state index contributed by atoms with van der Waals surface area (Å²) in [5.41, 5.74) is 8.78. The van der Waals surface area contributed by atoms with Crippen molar-refractivity contribution in [1.29, 1.82) is 0 Å². The van der Waals surface area contributed by atoms with Gasteiger partial charge >= 0.3 is 0 Å². The molecule has 92 valence electrons. The molecule has 2 bridgehead atoms. The summed E-state index contributed by atoms with van der Waals surface area (Å²) in [4.78, 5) is 0. The molecule has 0 saturated heterocycles. The summed E-state index contributed by atoms with van der Waals surface area (Å²) in [6.45, 7) is 1.72. The summed E-state index contributed by atoms with van der Waals surface area (Å²) in [5, 5.41) is 3.68. The van der Waals surface area contributed by atoms with Crippen molar-refractivity contribution in [3.8, 4) is 0 Å². The van der Waals surface area contributed by atoms with E-state index in [1.54, 1.807) is 11.1 Å². The van der Waals surface area contributed by atoms with Crippen LogP contribution in [-0.4, -0.2) is 19.1 Å². The molecule has 0 aliphatic heterocycles. The molecule has 1 aromatic rings. The van der Waals surface area contributed by atoms with Gasteiger partial charge in [0.15, 0.2) is 0 Å². The summed E-state index contributed by atoms with van der Waals surface area (Å²) in [6, 6.07) is 9.69. The second kappa shape index (κ2) is 4.79. The largest absolute Gasteiger partial charge is 0.329 e. The number of nitrogens with one attached hydrogen (secondary N) is 1. The molecule has 0 heterocycles. The van der Waals surface area contributed by atoms with Crippen LogP contribution in [0.1, 0.15) is 24.0 Å². The fraction of sp³-hybridized carbons (Fsp3) is 0.600. The van der Waals surface area contributed by atoms with Gasteiger partial charge in [-0.3, -0.25) is 0 Å². The zero-order valence-electron chi connectivity index (χ0n) is 10.4. The normalized spacial score (nSPS) is 31.0. The standard InChI is InChI=1S/C15H22N2/c16-7-8-17-15-13-5-6-14(15)10-12-4-2-1-3-11(12)9-13/h1-4,13-15,17H,5-10,16H2. The van der Waals surface area contributed by atoms with Crippen LogP contribution in [0.5, 0.6) is 0 Å². The molecule has 1 aromatic carbocycles. The van der Waals surface area contributed by atoms with Crippen molar-refractivity contribution >= 4 is 0 Å². The summed E-state index contributed by atoms with van der Waals surface area (Å²) >= 11 is 0. The van der Waals surface area contributed by atoms with E-state index in [4.69, 9.17) is 5.73 Å². The van der Waals surface area contributed by atoms with Crippen LogP contribution in [0.25, 0.3) is 0 Å². The highest BCUT2D eigenvalue weighted by Crippen LogP contribution is 2.39. The molecule has 0 amide bonds. The number of hydrogen-bond acceptors (Lipinski definition) is 2. The number of benzene rings is 1. The van der Waals surface area contributed by atoms with Crippen LogP contribution in [0.3, 0.4) is 0 Å². The van der Waals surface area contributed by atoms with Gasteiger partial charge in [0.1, 0.15) is 0 Å². The predicted octanol–water partition coefficient (Wildman–Crippen LogP) is 1.73. The first-order chi connectivity index (χ1) is 8.38. The SMILES string of the molecule is NCCNC1C2CCC1Cc1ccccc1C2. The van der Waals surface area contributed by atoms with E-state index in [2.05, 4.69) is 29.6 Å². The van der Waals surface area contributed by atoms with E-state index in [0.717, 1.165) is 24.9 Å². The van der Waals surface area contributed by atoms with Crippen LogP contribution in [0, 0.1) is 11.8 Å². The first-order valence-electron chi connectivity index (χ1n) is 6.88. The Morgan fingerprint density at radius 1 is 1.06 bits per heavy atom. The Kier molecular flexibility index (Phi) is 3.17. The number of rotatable bonds is 3. The third-order valence-corrected chi connectivity index (χ3v) is 4.53. The van der Waals surface area contributed by atoms with E-state index in [-0.39, 0.29) is 0 Å². The first-order valence-corrected chi connectivity index (χ1v) is 6.88. The maximum absolute atomic E-state index is 5.62. The van der Waals surface area contributed by atoms with E-state index in [0.29, 0.717) is 6.04 Å². The van der Waals surface area contributed by atoms with Gasteiger partial charge in [-0.05, 0) is 48.6 Å². The maximum atomic E-state index is 5.62. The van der Waals surface area contributed by atoms with Crippen molar-refractivity contribution in [3.05, 3.63) is 35.4 Å². The molecule has 3 N–H and O–H groups in total. The number of fused-ring (bicyclic) bond motifs is 3. The molecule has 2 heteroatoms. The summed E-state index contributed by atoms with van der Waals surface area (Å²) in [6.07, 6.45) is 5.30. The molecule has 1 saturated carbocycles. The fourth-order valence-electron chi connectivity index (χ4n) is 3.73. The van der Waals surface area contributed by atoms with Crippen LogP contribution in [0.2, 0.25) is 0 Å². The summed E-state index contributed by atoms with van der Waals surface area (Å²) in [5.74, 6) is 1.66. The third kappa shape index (κ3) is 2.12. The third-order valence-electron chi connectivity index (χ3n) is 4.53. The monoisotopic (exact) mass is 230 g/mol. The Morgan fingerprint density at radius 3 is 2.18 bits per heavy atom. The highest BCUT2D eigenvalue weighted by Gasteiger charge is 2.38. The average Bonchev–Trinajstić information content (AvgIpc) is 2.62. The average molecular weight is 230 g/mol. The number of hydrogen-bond donors (Lipinski definition) is 2. The molecular weight excluding hydrogens is 208 g/mol. The van der Waals surface area contributed by atoms with Gasteiger partial charge in [-0.25, -0.2) is 0 Å². The molecule has 0 spiro atoms. The molecule has 1 fully saturated rings. The highest BCUT2D eigenvalue weighted by molar-refractivity contribution is 5.30. The van der Waals surface area contributed by atoms with Gasteiger partial charge in [0.2, 0.25) is 0 Å². The van der Waals surface area contributed by atoms with Crippen LogP contribution in [-0.2, 0) is 12.8 Å². The van der Waals surface area contributed by atoms with Crippen molar-refractivity contribution in [2.24, 2.45) is 17.6 Å². The van der Waals surface area contributed by atoms with Gasteiger partial charge in [0.05, 0.1) is 0 Å². The molecule has 0 aromatic heterocycles. The van der Waals surface area contributed by atoms with Crippen molar-refractivity contribution in [2.45, 2.75) is 31.7 Å². The molecular formula is C15H22N2. The van der Waals surface area contributed by atoms with Crippen LogP contribution in [0.4, 0.5) is 0 Å². The lowest BCUT2D eigenvalue weighted by Crippen LogP contribution is -2.40. The van der Waals surface area contributed by atoms with Crippen molar-refractivity contribution < 1.29 is 0 Å². The molecule has 2 aliphatic rings. The van der Waals surface area contributed by atoms with E-state index in [1.165, 1.54) is 25.7 Å². The summed E-state index contributed by atoms with van der Waals surface area (Å²) in [7, 11) is 0. The quantitative estimate of drug-likeness (QED) is 0.830. The van der Waals surface area contributed by atoms with Gasteiger partial charge in [-0.15, -0.1) is 0 Å². The second-order valence-corrected chi connectivity index (χ2v) is 5.54. The molecule has 0 radical (unpaired) electrons. The van der Waals surface area contributed by atoms with E-state index in [1.807, 2.05) is 0 Å². The maximum Gasteiger partial charge on any atom is 0.0130 e. The van der Waals surface area contributed by atoms with Crippen LogP contribution in [0.15, 0.2) is 24.3 Å². The minimum Gasteiger partial charge on any atom is -0.329 e. The van der Waals surface area contributed by atoms with Gasteiger partial charge < -0.3 is 11.1 Å². The van der Waals surface area contributed by atoms with E-state index in [9.17, 15) is 0 Å². The molecule has 2 nitrogen and oxygen atoms in total. The molecule has 2 aliphatic carbocycles. The Hall–Kier alpha value is -0.860. The van der Waals surface area contributed by atoms with Crippen molar-refractivity contribution in [1.82, 2.24) is 5.32 Å². The van der Waals surface area contributed by atoms with Gasteiger partial charge in [-0.1, -0.05) is 24.3 Å². The van der Waals surface area contributed by atoms with Crippen LogP contribution >= 0.6 is 0 Å². The second-order valence-electron chi connectivity index (χ2n) is 5.54. The zero-order valence-corrected chi connectivity index (χ0v) is 10.4. The van der Waals surface area contributed by atoms with Gasteiger partial charge in [-0.2, -0.15) is 0 Å². The first kappa shape index (κ1) is 11.2. The molecule has 3 rings (SSSR count). The van der Waals surface area contributed by atoms with Crippen molar-refractivity contribution in [3.63, 3.8) is 0 Å². The Morgan fingerprint density at radius 2 is 1.65 bits per heavy atom. The lowest BCUT2D eigenvalue weighted by Gasteiger charge is -2.23. The van der Waals surface area contributed by atoms with E-state index >= 15 is 0 Å². The summed E-state index contributed by atoms with van der Waals surface area (Å²) < 4.78 is 0. The predicted molar refractivity (Wildman–Crippen MR) is 70.9 cm³/mol. The van der Waals surface area contributed by atoms with E-state index < -0.39 is 0 Å². The van der Waals surface area contributed by atoms with Crippen molar-refractivity contribution in [2.75, 3.05) is 13.1 Å². The zero-order chi connectivity index (χ0) is 11.7. The fourth-order valence-corrected chi connectivity index (χ4v) is 3.73. The lowest BCUT2D eigenvalue weighted by molar-refractivity contribution is 0.346. The van der Waals surface area contributed by atoms with Gasteiger partial charge in [0, 0.05) is 19.1 Å². The molecule has 2 atom stereocenters. The molecule has 17 heavy (non-hydrogen) atoms. The lowest BCUT2D eigenvalue weighted by atomic mass is 9.94. The minimum absolute atomic E-state index is 0.700. The topological polar surface area (TPSA) is 38.0 Å². The van der Waals surface area contributed by atoms with Gasteiger partial charge in [0.25, 0.3) is 0 Å². The Labute approximate surface area is 104 Å². The number of nitrogens with two attached hydrogens (primary N) is 1. The highest BCUT2D eigenvalue weighted by atomic mass is 14.9. The Bertz CT molecular complexity index is 355. The van der Waals surface area contributed by atoms with Crippen LogP contribution < -0.4 is 11.1 Å². The minimum atomic E-state index is 0.700. The Balaban J connectivity index is 1.82. The smallest absolute Gasteiger partial charge is 0.0130 e. The molecule has 2 unspecified atom stereocenters.